The first-order valence-corrected chi connectivity index (χ1v) is 11.1. The summed E-state index contributed by atoms with van der Waals surface area (Å²) < 4.78 is 1.34. The molecule has 4 heteroatoms. The lowest BCUT2D eigenvalue weighted by molar-refractivity contribution is 0.0819. The Bertz CT molecular complexity index is 706. The van der Waals surface area contributed by atoms with Crippen LogP contribution in [0.2, 0.25) is 0 Å². The van der Waals surface area contributed by atoms with E-state index in [-0.39, 0.29) is 0 Å². The highest BCUT2D eigenvalue weighted by Gasteiger charge is 2.29. The number of piperidine rings is 1. The van der Waals surface area contributed by atoms with Gasteiger partial charge in [-0.3, -0.25) is 4.90 Å². The molecular formula is C22H35N3S. The molecule has 1 aromatic carbocycles. The van der Waals surface area contributed by atoms with E-state index in [1.54, 1.807) is 0 Å². The van der Waals surface area contributed by atoms with Crippen LogP contribution in [-0.4, -0.2) is 48.0 Å². The molecule has 1 saturated heterocycles. The number of unbranched alkanes of at least 4 members (excludes halogenated alkanes) is 1. The van der Waals surface area contributed by atoms with E-state index >= 15 is 0 Å². The number of hydrogen-bond donors (Lipinski definition) is 0. The van der Waals surface area contributed by atoms with E-state index in [1.165, 1.54) is 59.6 Å². The molecule has 0 radical (unpaired) electrons. The van der Waals surface area contributed by atoms with Crippen LogP contribution in [0.15, 0.2) is 18.2 Å². The SMILES string of the molecule is CC(C)N1C[C@@H](C)CC[C@@H]1c1ccc2sc(CCCCN(C)C)nc2c1. The van der Waals surface area contributed by atoms with E-state index in [1.807, 2.05) is 11.3 Å². The summed E-state index contributed by atoms with van der Waals surface area (Å²) in [5, 5.41) is 1.30. The van der Waals surface area contributed by atoms with Crippen LogP contribution in [-0.2, 0) is 6.42 Å². The Kier molecular flexibility index (Phi) is 6.70. The van der Waals surface area contributed by atoms with Crippen molar-refractivity contribution >= 4 is 21.6 Å². The summed E-state index contributed by atoms with van der Waals surface area (Å²) in [5.41, 5.74) is 2.67. The van der Waals surface area contributed by atoms with Gasteiger partial charge in [-0.2, -0.15) is 0 Å². The van der Waals surface area contributed by atoms with E-state index in [9.17, 15) is 0 Å². The summed E-state index contributed by atoms with van der Waals surface area (Å²) in [6.45, 7) is 9.43. The molecule has 0 aliphatic carbocycles. The maximum atomic E-state index is 4.96. The van der Waals surface area contributed by atoms with Crippen LogP contribution in [0.4, 0.5) is 0 Å². The molecule has 2 aromatic rings. The fourth-order valence-electron chi connectivity index (χ4n) is 4.13. The van der Waals surface area contributed by atoms with Gasteiger partial charge in [0.25, 0.3) is 0 Å². The smallest absolute Gasteiger partial charge is 0.0938 e. The molecule has 0 bridgehead atoms. The Morgan fingerprint density at radius 3 is 2.77 bits per heavy atom. The van der Waals surface area contributed by atoms with Gasteiger partial charge in [-0.25, -0.2) is 4.98 Å². The molecule has 3 rings (SSSR count). The molecular weight excluding hydrogens is 338 g/mol. The molecule has 144 valence electrons. The molecule has 1 aliphatic heterocycles. The molecule has 1 fully saturated rings. The maximum Gasteiger partial charge on any atom is 0.0938 e. The van der Waals surface area contributed by atoms with Crippen LogP contribution in [0.5, 0.6) is 0 Å². The zero-order valence-corrected chi connectivity index (χ0v) is 18.0. The number of thiazole rings is 1. The normalized spacial score (nSPS) is 22.0. The highest BCUT2D eigenvalue weighted by atomic mass is 32.1. The summed E-state index contributed by atoms with van der Waals surface area (Å²) in [5.74, 6) is 0.811. The Balaban J connectivity index is 1.72. The third kappa shape index (κ3) is 4.85. The second-order valence-electron chi connectivity index (χ2n) is 8.58. The average Bonchev–Trinajstić information content (AvgIpc) is 3.00. The van der Waals surface area contributed by atoms with Crippen molar-refractivity contribution in [3.8, 4) is 0 Å². The van der Waals surface area contributed by atoms with Gasteiger partial charge in [-0.1, -0.05) is 13.0 Å². The Labute approximate surface area is 163 Å². The lowest BCUT2D eigenvalue weighted by atomic mass is 9.89. The average molecular weight is 374 g/mol. The van der Waals surface area contributed by atoms with Crippen molar-refractivity contribution < 1.29 is 0 Å². The molecule has 3 nitrogen and oxygen atoms in total. The van der Waals surface area contributed by atoms with Crippen LogP contribution in [0.1, 0.15) is 63.1 Å². The lowest BCUT2D eigenvalue weighted by Gasteiger charge is -2.41. The summed E-state index contributed by atoms with van der Waals surface area (Å²) in [6, 6.07) is 8.18. The molecule has 2 atom stereocenters. The van der Waals surface area contributed by atoms with Crippen LogP contribution in [0.25, 0.3) is 10.2 Å². The lowest BCUT2D eigenvalue weighted by Crippen LogP contribution is -2.41. The Hall–Kier alpha value is -0.970. The van der Waals surface area contributed by atoms with Crippen molar-refractivity contribution in [2.24, 2.45) is 5.92 Å². The molecule has 0 saturated carbocycles. The number of aryl methyl sites for hydroxylation is 1. The van der Waals surface area contributed by atoms with E-state index in [0.29, 0.717) is 12.1 Å². The topological polar surface area (TPSA) is 19.4 Å². The van der Waals surface area contributed by atoms with Gasteiger partial charge in [0.15, 0.2) is 0 Å². The summed E-state index contributed by atoms with van der Waals surface area (Å²) in [7, 11) is 4.29. The number of fused-ring (bicyclic) bond motifs is 1. The van der Waals surface area contributed by atoms with Gasteiger partial charge >= 0.3 is 0 Å². The van der Waals surface area contributed by atoms with E-state index in [4.69, 9.17) is 4.98 Å². The van der Waals surface area contributed by atoms with E-state index in [0.717, 1.165) is 12.3 Å². The minimum atomic E-state index is 0.556. The molecule has 26 heavy (non-hydrogen) atoms. The second-order valence-corrected chi connectivity index (χ2v) is 9.70. The predicted molar refractivity (Wildman–Crippen MR) is 114 cm³/mol. The third-order valence-corrected chi connectivity index (χ3v) is 6.70. The van der Waals surface area contributed by atoms with Gasteiger partial charge in [0.1, 0.15) is 0 Å². The maximum absolute atomic E-state index is 4.96. The largest absolute Gasteiger partial charge is 0.309 e. The molecule has 0 amide bonds. The Morgan fingerprint density at radius 2 is 2.04 bits per heavy atom. The van der Waals surface area contributed by atoms with Crippen molar-refractivity contribution in [1.82, 2.24) is 14.8 Å². The van der Waals surface area contributed by atoms with Crippen molar-refractivity contribution in [3.63, 3.8) is 0 Å². The summed E-state index contributed by atoms with van der Waals surface area (Å²) >= 11 is 1.88. The number of benzene rings is 1. The van der Waals surface area contributed by atoms with Gasteiger partial charge in [-0.15, -0.1) is 11.3 Å². The molecule has 0 N–H and O–H groups in total. The van der Waals surface area contributed by atoms with Gasteiger partial charge in [-0.05, 0) is 90.2 Å². The minimum absolute atomic E-state index is 0.556. The van der Waals surface area contributed by atoms with Gasteiger partial charge in [0, 0.05) is 18.6 Å². The molecule has 0 spiro atoms. The van der Waals surface area contributed by atoms with Crippen molar-refractivity contribution in [2.45, 2.75) is 65.0 Å². The standard InChI is InChI=1S/C22H35N3S/c1-16(2)25-15-17(3)9-11-20(25)18-10-12-21-19(14-18)23-22(26-21)8-6-7-13-24(4)5/h10,12,14,16-17,20H,6-9,11,13,15H2,1-5H3/t17-,20+/m0/s1. The fraction of sp³-hybridized carbons (Fsp3) is 0.682. The number of likely N-dealkylation sites (tertiary alicyclic amines) is 1. The first-order chi connectivity index (χ1) is 12.4. The van der Waals surface area contributed by atoms with Gasteiger partial charge < -0.3 is 4.90 Å². The van der Waals surface area contributed by atoms with Crippen LogP contribution < -0.4 is 0 Å². The predicted octanol–water partition coefficient (Wildman–Crippen LogP) is 5.36. The minimum Gasteiger partial charge on any atom is -0.309 e. The van der Waals surface area contributed by atoms with E-state index in [2.05, 4.69) is 62.9 Å². The van der Waals surface area contributed by atoms with Crippen LogP contribution >= 0.6 is 11.3 Å². The zero-order valence-electron chi connectivity index (χ0n) is 17.2. The molecule has 1 aliphatic rings. The highest BCUT2D eigenvalue weighted by molar-refractivity contribution is 7.18. The molecule has 2 heterocycles. The zero-order chi connectivity index (χ0) is 18.7. The monoisotopic (exact) mass is 373 g/mol. The number of aromatic nitrogens is 1. The number of rotatable bonds is 7. The summed E-state index contributed by atoms with van der Waals surface area (Å²) in [6.07, 6.45) is 6.19. The molecule has 0 unspecified atom stereocenters. The fourth-order valence-corrected chi connectivity index (χ4v) is 5.12. The number of nitrogens with zero attached hydrogens (tertiary/aromatic N) is 3. The van der Waals surface area contributed by atoms with E-state index < -0.39 is 0 Å². The first kappa shape index (κ1) is 19.8. The van der Waals surface area contributed by atoms with Crippen molar-refractivity contribution in [1.29, 1.82) is 0 Å². The first-order valence-electron chi connectivity index (χ1n) is 10.2. The van der Waals surface area contributed by atoms with Crippen LogP contribution in [0, 0.1) is 5.92 Å². The van der Waals surface area contributed by atoms with Crippen LogP contribution in [0.3, 0.4) is 0 Å². The molecule has 1 aromatic heterocycles. The third-order valence-electron chi connectivity index (χ3n) is 5.61. The Morgan fingerprint density at radius 1 is 1.23 bits per heavy atom. The summed E-state index contributed by atoms with van der Waals surface area (Å²) in [4.78, 5) is 9.90. The van der Waals surface area contributed by atoms with Gasteiger partial charge in [0.05, 0.1) is 15.2 Å². The van der Waals surface area contributed by atoms with Crippen molar-refractivity contribution in [3.05, 3.63) is 28.8 Å². The quantitative estimate of drug-likeness (QED) is 0.609. The second kappa shape index (κ2) is 8.81. The number of hydrogen-bond acceptors (Lipinski definition) is 4. The van der Waals surface area contributed by atoms with Gasteiger partial charge in [0.2, 0.25) is 0 Å². The highest BCUT2D eigenvalue weighted by Crippen LogP contribution is 2.36. The van der Waals surface area contributed by atoms with Crippen molar-refractivity contribution in [2.75, 3.05) is 27.2 Å².